The Morgan fingerprint density at radius 3 is 2.67 bits per heavy atom. The minimum absolute atomic E-state index is 0.414. The lowest BCUT2D eigenvalue weighted by atomic mass is 9.98. The Hall–Kier alpha value is -2.90. The summed E-state index contributed by atoms with van der Waals surface area (Å²) in [5.74, 6) is -0.414. The normalized spacial score (nSPS) is 10.4. The topological polar surface area (TPSA) is 43.5 Å². The molecule has 24 heavy (non-hydrogen) atoms. The van der Waals surface area contributed by atoms with E-state index in [1.807, 2.05) is 19.1 Å². The number of fused-ring (bicyclic) bond motifs is 1. The standard InChI is InChI=1S/C19H13ClN2O2/c1-11-8-13(21-2)5-7-14(11)18-16-9-12(19(23)24-3)4-6-15(16)17(20)10-22-18/h4-10H,1,3H3. The molecule has 5 heteroatoms. The zero-order valence-corrected chi connectivity index (χ0v) is 13.9. The number of aromatic nitrogens is 1. The second kappa shape index (κ2) is 6.31. The Labute approximate surface area is 144 Å². The summed E-state index contributed by atoms with van der Waals surface area (Å²) in [5, 5.41) is 2.09. The smallest absolute Gasteiger partial charge is 0.337 e. The third-order valence-electron chi connectivity index (χ3n) is 3.85. The van der Waals surface area contributed by atoms with Crippen molar-refractivity contribution in [2.75, 3.05) is 7.11 Å². The number of hydrogen-bond acceptors (Lipinski definition) is 3. The number of carbonyl (C=O) groups is 1. The van der Waals surface area contributed by atoms with Crippen LogP contribution in [0.1, 0.15) is 15.9 Å². The van der Waals surface area contributed by atoms with E-state index in [4.69, 9.17) is 22.9 Å². The van der Waals surface area contributed by atoms with Gasteiger partial charge >= 0.3 is 5.97 Å². The second-order valence-electron chi connectivity index (χ2n) is 5.32. The molecule has 3 rings (SSSR count). The number of halogens is 1. The molecule has 0 aliphatic heterocycles. The highest BCUT2D eigenvalue weighted by molar-refractivity contribution is 6.35. The molecule has 3 aromatic rings. The molecule has 0 atom stereocenters. The van der Waals surface area contributed by atoms with Crippen LogP contribution in [0.15, 0.2) is 42.6 Å². The van der Waals surface area contributed by atoms with Crippen molar-refractivity contribution in [3.8, 4) is 11.3 Å². The molecule has 0 fully saturated rings. The van der Waals surface area contributed by atoms with Gasteiger partial charge in [0.05, 0.1) is 30.0 Å². The Morgan fingerprint density at radius 2 is 2.00 bits per heavy atom. The summed E-state index contributed by atoms with van der Waals surface area (Å²) in [7, 11) is 1.34. The lowest BCUT2D eigenvalue weighted by Gasteiger charge is -2.11. The van der Waals surface area contributed by atoms with Crippen molar-refractivity contribution < 1.29 is 9.53 Å². The summed E-state index contributed by atoms with van der Waals surface area (Å²) < 4.78 is 4.79. The van der Waals surface area contributed by atoms with Crippen molar-refractivity contribution in [3.63, 3.8) is 0 Å². The van der Waals surface area contributed by atoms with E-state index >= 15 is 0 Å². The number of hydrogen-bond donors (Lipinski definition) is 0. The van der Waals surface area contributed by atoms with Crippen LogP contribution >= 0.6 is 11.6 Å². The molecule has 0 unspecified atom stereocenters. The van der Waals surface area contributed by atoms with Crippen LogP contribution in [-0.2, 0) is 4.74 Å². The molecule has 0 radical (unpaired) electrons. The van der Waals surface area contributed by atoms with Crippen molar-refractivity contribution in [1.82, 2.24) is 4.98 Å². The number of benzene rings is 2. The first-order valence-electron chi connectivity index (χ1n) is 7.20. The lowest BCUT2D eigenvalue weighted by molar-refractivity contribution is 0.0601. The summed E-state index contributed by atoms with van der Waals surface area (Å²) in [5.41, 5.74) is 3.55. The molecule has 118 valence electrons. The molecule has 0 bridgehead atoms. The van der Waals surface area contributed by atoms with Gasteiger partial charge in [-0.2, -0.15) is 0 Å². The van der Waals surface area contributed by atoms with Gasteiger partial charge in [0.25, 0.3) is 0 Å². The summed E-state index contributed by atoms with van der Waals surface area (Å²) in [6.07, 6.45) is 1.60. The molecule has 0 aliphatic rings. The maximum atomic E-state index is 11.8. The summed E-state index contributed by atoms with van der Waals surface area (Å²) in [6, 6.07) is 10.6. The van der Waals surface area contributed by atoms with Gasteiger partial charge in [-0.25, -0.2) is 9.64 Å². The Balaban J connectivity index is 2.30. The molecule has 1 aromatic heterocycles. The number of carbonyl (C=O) groups excluding carboxylic acids is 1. The fourth-order valence-corrected chi connectivity index (χ4v) is 2.86. The fraction of sp³-hybridized carbons (Fsp3) is 0.105. The first-order chi connectivity index (χ1) is 11.5. The van der Waals surface area contributed by atoms with Gasteiger partial charge in [-0.05, 0) is 19.1 Å². The van der Waals surface area contributed by atoms with Gasteiger partial charge in [0.2, 0.25) is 0 Å². The van der Waals surface area contributed by atoms with Crippen LogP contribution in [0.3, 0.4) is 0 Å². The van der Waals surface area contributed by atoms with Crippen molar-refractivity contribution in [2.45, 2.75) is 6.92 Å². The van der Waals surface area contributed by atoms with Gasteiger partial charge < -0.3 is 4.74 Å². The van der Waals surface area contributed by atoms with E-state index in [0.29, 0.717) is 22.0 Å². The predicted octanol–water partition coefficient (Wildman–Crippen LogP) is 5.20. The van der Waals surface area contributed by atoms with E-state index in [2.05, 4.69) is 9.83 Å². The molecule has 4 nitrogen and oxygen atoms in total. The van der Waals surface area contributed by atoms with Crippen LogP contribution in [0.2, 0.25) is 5.02 Å². The zero-order valence-electron chi connectivity index (χ0n) is 13.1. The number of pyridine rings is 1. The van der Waals surface area contributed by atoms with E-state index < -0.39 is 5.97 Å². The van der Waals surface area contributed by atoms with Crippen LogP contribution in [0.25, 0.3) is 26.9 Å². The average molecular weight is 337 g/mol. The summed E-state index contributed by atoms with van der Waals surface area (Å²) >= 11 is 6.25. The average Bonchev–Trinajstić information content (AvgIpc) is 2.61. The van der Waals surface area contributed by atoms with Crippen LogP contribution in [-0.4, -0.2) is 18.1 Å². The lowest BCUT2D eigenvalue weighted by Crippen LogP contribution is -2.01. The molecule has 0 saturated carbocycles. The van der Waals surface area contributed by atoms with Gasteiger partial charge in [-0.3, -0.25) is 4.98 Å². The summed E-state index contributed by atoms with van der Waals surface area (Å²) in [6.45, 7) is 9.04. The third kappa shape index (κ3) is 2.70. The maximum Gasteiger partial charge on any atom is 0.337 e. The number of rotatable bonds is 2. The Bertz CT molecular complexity index is 1010. The number of nitrogens with zero attached hydrogens (tertiary/aromatic N) is 2. The monoisotopic (exact) mass is 336 g/mol. The third-order valence-corrected chi connectivity index (χ3v) is 4.16. The number of aryl methyl sites for hydroxylation is 1. The maximum absolute atomic E-state index is 11.8. The molecule has 0 spiro atoms. The molecule has 0 saturated heterocycles. The fourth-order valence-electron chi connectivity index (χ4n) is 2.65. The van der Waals surface area contributed by atoms with E-state index in [-0.39, 0.29) is 0 Å². The van der Waals surface area contributed by atoms with Gasteiger partial charge in [-0.15, -0.1) is 0 Å². The largest absolute Gasteiger partial charge is 0.465 e. The zero-order chi connectivity index (χ0) is 17.3. The molecule has 2 aromatic carbocycles. The highest BCUT2D eigenvalue weighted by Gasteiger charge is 2.14. The summed E-state index contributed by atoms with van der Waals surface area (Å²) in [4.78, 5) is 19.7. The van der Waals surface area contributed by atoms with Crippen molar-refractivity contribution in [3.05, 3.63) is 70.2 Å². The quantitative estimate of drug-likeness (QED) is 0.477. The van der Waals surface area contributed by atoms with Crippen LogP contribution in [0.4, 0.5) is 5.69 Å². The van der Waals surface area contributed by atoms with Gasteiger partial charge in [-0.1, -0.05) is 41.4 Å². The van der Waals surface area contributed by atoms with E-state index in [0.717, 1.165) is 21.9 Å². The molecule has 1 heterocycles. The van der Waals surface area contributed by atoms with Crippen LogP contribution in [0.5, 0.6) is 0 Å². The SMILES string of the molecule is [C-]#[N+]c1ccc(-c2ncc(Cl)c3ccc(C(=O)OC)cc23)c(C)c1. The first kappa shape index (κ1) is 16.0. The van der Waals surface area contributed by atoms with Crippen molar-refractivity contribution in [2.24, 2.45) is 0 Å². The van der Waals surface area contributed by atoms with Gasteiger partial charge in [0.1, 0.15) is 0 Å². The van der Waals surface area contributed by atoms with E-state index in [1.54, 1.807) is 30.5 Å². The number of esters is 1. The molecular formula is C19H13ClN2O2. The molecule has 0 aliphatic carbocycles. The number of ether oxygens (including phenoxy) is 1. The minimum atomic E-state index is -0.414. The Morgan fingerprint density at radius 1 is 1.21 bits per heavy atom. The van der Waals surface area contributed by atoms with E-state index in [9.17, 15) is 4.79 Å². The molecular weight excluding hydrogens is 324 g/mol. The van der Waals surface area contributed by atoms with Crippen LogP contribution in [0, 0.1) is 13.5 Å². The predicted molar refractivity (Wildman–Crippen MR) is 94.5 cm³/mol. The van der Waals surface area contributed by atoms with Crippen molar-refractivity contribution in [1.29, 1.82) is 0 Å². The first-order valence-corrected chi connectivity index (χ1v) is 7.58. The highest BCUT2D eigenvalue weighted by Crippen LogP contribution is 2.34. The highest BCUT2D eigenvalue weighted by atomic mass is 35.5. The van der Waals surface area contributed by atoms with Gasteiger partial charge in [0, 0.05) is 22.5 Å². The number of methoxy groups -OCH3 is 1. The van der Waals surface area contributed by atoms with Crippen molar-refractivity contribution >= 4 is 34.0 Å². The van der Waals surface area contributed by atoms with E-state index in [1.165, 1.54) is 7.11 Å². The molecule has 0 N–H and O–H groups in total. The minimum Gasteiger partial charge on any atom is -0.465 e. The second-order valence-corrected chi connectivity index (χ2v) is 5.72. The Kier molecular flexibility index (Phi) is 4.20. The molecule has 0 amide bonds. The van der Waals surface area contributed by atoms with Crippen LogP contribution < -0.4 is 0 Å². The van der Waals surface area contributed by atoms with Gasteiger partial charge in [0.15, 0.2) is 5.69 Å².